The van der Waals surface area contributed by atoms with Crippen LogP contribution in [0.1, 0.15) is 18.4 Å². The number of halogens is 1. The molecule has 4 heteroatoms. The minimum Gasteiger partial charge on any atom is -0.356 e. The van der Waals surface area contributed by atoms with Crippen LogP contribution in [-0.2, 0) is 10.2 Å². The van der Waals surface area contributed by atoms with E-state index in [1.165, 1.54) is 0 Å². The number of piperidine rings is 1. The molecule has 1 fully saturated rings. The Morgan fingerprint density at radius 2 is 2.24 bits per heavy atom. The molecule has 1 amide bonds. The lowest BCUT2D eigenvalue weighted by atomic mass is 9.73. The predicted molar refractivity (Wildman–Crippen MR) is 69.3 cm³/mol. The van der Waals surface area contributed by atoms with Gasteiger partial charge in [0.15, 0.2) is 0 Å². The molecule has 1 unspecified atom stereocenters. The molecular formula is C13H17ClN2O. The Morgan fingerprint density at radius 1 is 1.47 bits per heavy atom. The maximum Gasteiger partial charge on any atom is 0.220 e. The van der Waals surface area contributed by atoms with E-state index >= 15 is 0 Å². The summed E-state index contributed by atoms with van der Waals surface area (Å²) in [7, 11) is 1.91. The zero-order chi connectivity index (χ0) is 12.3. The second-order valence-corrected chi connectivity index (χ2v) is 4.97. The van der Waals surface area contributed by atoms with Crippen molar-refractivity contribution < 1.29 is 4.79 Å². The Labute approximate surface area is 107 Å². The van der Waals surface area contributed by atoms with E-state index in [1.54, 1.807) is 0 Å². The Morgan fingerprint density at radius 3 is 2.88 bits per heavy atom. The van der Waals surface area contributed by atoms with Crippen LogP contribution < -0.4 is 10.6 Å². The molecule has 0 aliphatic carbocycles. The summed E-state index contributed by atoms with van der Waals surface area (Å²) in [5.74, 6) is 0.103. The fourth-order valence-electron chi connectivity index (χ4n) is 2.61. The van der Waals surface area contributed by atoms with Gasteiger partial charge in [0.2, 0.25) is 5.91 Å². The van der Waals surface area contributed by atoms with Gasteiger partial charge in [0.1, 0.15) is 0 Å². The molecule has 3 nitrogen and oxygen atoms in total. The van der Waals surface area contributed by atoms with Crippen molar-refractivity contribution in [3.8, 4) is 0 Å². The zero-order valence-corrected chi connectivity index (χ0v) is 10.7. The molecule has 1 aliphatic rings. The minimum absolute atomic E-state index is 0.103. The van der Waals surface area contributed by atoms with Crippen LogP contribution in [0.15, 0.2) is 24.3 Å². The molecule has 1 heterocycles. The van der Waals surface area contributed by atoms with Crippen LogP contribution in [0.4, 0.5) is 0 Å². The van der Waals surface area contributed by atoms with Crippen molar-refractivity contribution in [2.24, 2.45) is 0 Å². The summed E-state index contributed by atoms with van der Waals surface area (Å²) in [4.78, 5) is 11.7. The van der Waals surface area contributed by atoms with Gasteiger partial charge in [-0.25, -0.2) is 0 Å². The van der Waals surface area contributed by atoms with Gasteiger partial charge in [-0.3, -0.25) is 4.79 Å². The summed E-state index contributed by atoms with van der Waals surface area (Å²) in [6, 6.07) is 7.81. The Balaban J connectivity index is 2.40. The molecule has 1 atom stereocenters. The van der Waals surface area contributed by atoms with Gasteiger partial charge in [-0.2, -0.15) is 0 Å². The number of amides is 1. The van der Waals surface area contributed by atoms with E-state index in [-0.39, 0.29) is 11.3 Å². The molecule has 0 aromatic heterocycles. The van der Waals surface area contributed by atoms with Crippen LogP contribution in [-0.4, -0.2) is 26.0 Å². The van der Waals surface area contributed by atoms with Gasteiger partial charge in [-0.1, -0.05) is 29.8 Å². The average molecular weight is 253 g/mol. The number of nitrogens with one attached hydrogen (secondary N) is 2. The number of hydrogen-bond donors (Lipinski definition) is 2. The van der Waals surface area contributed by atoms with Gasteiger partial charge in [-0.05, 0) is 25.1 Å². The summed E-state index contributed by atoms with van der Waals surface area (Å²) < 4.78 is 0. The van der Waals surface area contributed by atoms with E-state index in [4.69, 9.17) is 11.6 Å². The largest absolute Gasteiger partial charge is 0.356 e. The van der Waals surface area contributed by atoms with E-state index < -0.39 is 0 Å². The second kappa shape index (κ2) is 5.07. The van der Waals surface area contributed by atoms with Crippen molar-refractivity contribution in [2.45, 2.75) is 18.3 Å². The first-order valence-corrected chi connectivity index (χ1v) is 6.22. The van der Waals surface area contributed by atoms with Crippen LogP contribution in [0.3, 0.4) is 0 Å². The van der Waals surface area contributed by atoms with Gasteiger partial charge in [-0.15, -0.1) is 0 Å². The molecule has 92 valence electrons. The molecule has 1 saturated heterocycles. The van der Waals surface area contributed by atoms with Crippen molar-refractivity contribution in [1.29, 1.82) is 0 Å². The molecule has 2 rings (SSSR count). The standard InChI is InChI=1S/C13H17ClN2O/c1-15-9-13(6-7-16-12(17)8-13)10-4-2-3-5-11(10)14/h2-5,15H,6-9H2,1H3,(H,16,17). The van der Waals surface area contributed by atoms with E-state index in [9.17, 15) is 4.79 Å². The summed E-state index contributed by atoms with van der Waals surface area (Å²) >= 11 is 6.27. The van der Waals surface area contributed by atoms with Gasteiger partial charge >= 0.3 is 0 Å². The number of benzene rings is 1. The minimum atomic E-state index is -0.171. The molecule has 0 saturated carbocycles. The van der Waals surface area contributed by atoms with Crippen molar-refractivity contribution in [2.75, 3.05) is 20.1 Å². The van der Waals surface area contributed by atoms with E-state index in [0.29, 0.717) is 13.0 Å². The topological polar surface area (TPSA) is 41.1 Å². The lowest BCUT2D eigenvalue weighted by molar-refractivity contribution is -0.124. The van der Waals surface area contributed by atoms with Crippen LogP contribution in [0.25, 0.3) is 0 Å². The highest BCUT2D eigenvalue weighted by Crippen LogP contribution is 2.37. The van der Waals surface area contributed by atoms with Crippen molar-refractivity contribution in [3.05, 3.63) is 34.9 Å². The molecule has 1 aromatic rings. The van der Waals surface area contributed by atoms with Gasteiger partial charge in [0.05, 0.1) is 0 Å². The van der Waals surface area contributed by atoms with Crippen molar-refractivity contribution in [3.63, 3.8) is 0 Å². The number of carbonyl (C=O) groups excluding carboxylic acids is 1. The SMILES string of the molecule is CNCC1(c2ccccc2Cl)CCNC(=O)C1. The summed E-state index contributed by atoms with van der Waals surface area (Å²) in [5, 5.41) is 6.81. The summed E-state index contributed by atoms with van der Waals surface area (Å²) in [6.45, 7) is 1.48. The second-order valence-electron chi connectivity index (χ2n) is 4.57. The maximum atomic E-state index is 11.7. The summed E-state index contributed by atoms with van der Waals surface area (Å²) in [5.41, 5.74) is 0.904. The fraction of sp³-hybridized carbons (Fsp3) is 0.462. The van der Waals surface area contributed by atoms with Gasteiger partial charge in [0.25, 0.3) is 0 Å². The van der Waals surface area contributed by atoms with Crippen molar-refractivity contribution >= 4 is 17.5 Å². The lowest BCUT2D eigenvalue weighted by Crippen LogP contribution is -2.48. The summed E-state index contributed by atoms with van der Waals surface area (Å²) in [6.07, 6.45) is 1.42. The van der Waals surface area contributed by atoms with Crippen molar-refractivity contribution in [1.82, 2.24) is 10.6 Å². The third-order valence-corrected chi connectivity index (χ3v) is 3.71. The third-order valence-electron chi connectivity index (χ3n) is 3.39. The van der Waals surface area contributed by atoms with E-state index in [1.807, 2.05) is 31.3 Å². The number of hydrogen-bond acceptors (Lipinski definition) is 2. The van der Waals surface area contributed by atoms with Crippen LogP contribution in [0, 0.1) is 0 Å². The average Bonchev–Trinajstić information content (AvgIpc) is 2.30. The lowest BCUT2D eigenvalue weighted by Gasteiger charge is -2.37. The predicted octanol–water partition coefficient (Wildman–Crippen LogP) is 1.71. The van der Waals surface area contributed by atoms with E-state index in [0.717, 1.165) is 23.6 Å². The fourth-order valence-corrected chi connectivity index (χ4v) is 2.94. The maximum absolute atomic E-state index is 11.7. The molecule has 1 aromatic carbocycles. The molecule has 0 spiro atoms. The third kappa shape index (κ3) is 2.45. The first-order valence-electron chi connectivity index (χ1n) is 5.84. The number of carbonyl (C=O) groups is 1. The zero-order valence-electron chi connectivity index (χ0n) is 9.92. The van der Waals surface area contributed by atoms with Crippen LogP contribution >= 0.6 is 11.6 Å². The normalized spacial score (nSPS) is 24.5. The monoisotopic (exact) mass is 252 g/mol. The van der Waals surface area contributed by atoms with Gasteiger partial charge in [0, 0.05) is 29.9 Å². The van der Waals surface area contributed by atoms with Gasteiger partial charge < -0.3 is 10.6 Å². The smallest absolute Gasteiger partial charge is 0.220 e. The highest BCUT2D eigenvalue weighted by atomic mass is 35.5. The molecule has 0 radical (unpaired) electrons. The van der Waals surface area contributed by atoms with Crippen LogP contribution in [0.2, 0.25) is 5.02 Å². The Kier molecular flexibility index (Phi) is 3.69. The first-order chi connectivity index (χ1) is 8.18. The highest BCUT2D eigenvalue weighted by molar-refractivity contribution is 6.31. The highest BCUT2D eigenvalue weighted by Gasteiger charge is 2.38. The Hall–Kier alpha value is -1.06. The molecule has 1 aliphatic heterocycles. The number of likely N-dealkylation sites (N-methyl/N-ethyl adjacent to an activating group) is 1. The quantitative estimate of drug-likeness (QED) is 0.860. The molecule has 2 N–H and O–H groups in total. The molecular weight excluding hydrogens is 236 g/mol. The molecule has 17 heavy (non-hydrogen) atoms. The van der Waals surface area contributed by atoms with E-state index in [2.05, 4.69) is 10.6 Å². The Bertz CT molecular complexity index is 418. The molecule has 0 bridgehead atoms. The first kappa shape index (κ1) is 12.4. The number of rotatable bonds is 3. The van der Waals surface area contributed by atoms with Crippen LogP contribution in [0.5, 0.6) is 0 Å².